The van der Waals surface area contributed by atoms with Crippen LogP contribution in [0.25, 0.3) is 0 Å². The summed E-state index contributed by atoms with van der Waals surface area (Å²) in [6.07, 6.45) is 4.12. The van der Waals surface area contributed by atoms with E-state index in [2.05, 4.69) is 28.8 Å². The summed E-state index contributed by atoms with van der Waals surface area (Å²) in [5.41, 5.74) is 0. The van der Waals surface area contributed by atoms with Crippen LogP contribution in [0.1, 0.15) is 37.6 Å². The highest BCUT2D eigenvalue weighted by molar-refractivity contribution is 7.05. The van der Waals surface area contributed by atoms with Crippen LogP contribution >= 0.6 is 11.5 Å². The van der Waals surface area contributed by atoms with Crippen molar-refractivity contribution in [3.05, 3.63) is 11.1 Å². The molecule has 0 saturated heterocycles. The average Bonchev–Trinajstić information content (AvgIpc) is 2.59. The molecule has 0 radical (unpaired) electrons. The molecule has 0 amide bonds. The summed E-state index contributed by atoms with van der Waals surface area (Å²) in [4.78, 5) is 1.24. The Hall–Kier alpha value is -0.480. The van der Waals surface area contributed by atoms with Crippen LogP contribution in [0.3, 0.4) is 0 Å². The van der Waals surface area contributed by atoms with Gasteiger partial charge < -0.3 is 5.32 Å². The molecular formula is C8H15N3S. The first kappa shape index (κ1) is 9.61. The molecule has 1 aromatic rings. The zero-order valence-electron chi connectivity index (χ0n) is 7.58. The zero-order valence-corrected chi connectivity index (χ0v) is 8.40. The molecule has 1 heterocycles. The Labute approximate surface area is 77.4 Å². The van der Waals surface area contributed by atoms with Crippen LogP contribution < -0.4 is 5.32 Å². The largest absolute Gasteiger partial charge is 0.309 e. The number of rotatable bonds is 5. The maximum atomic E-state index is 3.85. The molecule has 0 spiro atoms. The lowest BCUT2D eigenvalue weighted by Gasteiger charge is -2.12. The van der Waals surface area contributed by atoms with Crippen LogP contribution in [-0.4, -0.2) is 16.1 Å². The first-order valence-electron chi connectivity index (χ1n) is 4.39. The highest BCUT2D eigenvalue weighted by Gasteiger charge is 2.09. The van der Waals surface area contributed by atoms with Crippen molar-refractivity contribution in [3.63, 3.8) is 0 Å². The van der Waals surface area contributed by atoms with Gasteiger partial charge in [-0.05, 0) is 30.9 Å². The second-order valence-electron chi connectivity index (χ2n) is 2.73. The normalized spacial score (nSPS) is 13.2. The molecule has 12 heavy (non-hydrogen) atoms. The monoisotopic (exact) mass is 185 g/mol. The lowest BCUT2D eigenvalue weighted by molar-refractivity contribution is 0.525. The number of aromatic nitrogens is 2. The van der Waals surface area contributed by atoms with Gasteiger partial charge in [-0.2, -0.15) is 0 Å². The molecule has 0 aliphatic carbocycles. The van der Waals surface area contributed by atoms with Gasteiger partial charge in [0.25, 0.3) is 0 Å². The molecule has 0 aliphatic rings. The predicted molar refractivity (Wildman–Crippen MR) is 51.2 cm³/mol. The maximum absolute atomic E-state index is 3.85. The molecule has 0 bridgehead atoms. The Morgan fingerprint density at radius 2 is 2.42 bits per heavy atom. The number of nitrogens with one attached hydrogen (secondary N) is 1. The van der Waals surface area contributed by atoms with Gasteiger partial charge in [-0.3, -0.25) is 0 Å². The minimum absolute atomic E-state index is 0.449. The Bertz CT molecular complexity index is 198. The van der Waals surface area contributed by atoms with Gasteiger partial charge in [-0.1, -0.05) is 18.3 Å². The van der Waals surface area contributed by atoms with Crippen LogP contribution in [0.4, 0.5) is 0 Å². The summed E-state index contributed by atoms with van der Waals surface area (Å²) in [7, 11) is 0. The van der Waals surface area contributed by atoms with E-state index < -0.39 is 0 Å². The third-order valence-electron chi connectivity index (χ3n) is 1.77. The van der Waals surface area contributed by atoms with Gasteiger partial charge in [0.05, 0.1) is 11.1 Å². The lowest BCUT2D eigenvalue weighted by atomic mass is 10.2. The molecule has 1 unspecified atom stereocenters. The van der Waals surface area contributed by atoms with E-state index in [1.807, 2.05) is 6.20 Å². The fraction of sp³-hybridized carbons (Fsp3) is 0.750. The molecule has 1 atom stereocenters. The quantitative estimate of drug-likeness (QED) is 0.762. The third kappa shape index (κ3) is 2.53. The first-order chi connectivity index (χ1) is 5.88. The predicted octanol–water partition coefficient (Wildman–Crippen LogP) is 1.99. The summed E-state index contributed by atoms with van der Waals surface area (Å²) in [5.74, 6) is 0. The van der Waals surface area contributed by atoms with Gasteiger partial charge in [0, 0.05) is 6.04 Å². The second-order valence-corrected chi connectivity index (χ2v) is 3.55. The molecule has 1 rings (SSSR count). The third-order valence-corrected chi connectivity index (χ3v) is 2.55. The van der Waals surface area contributed by atoms with E-state index >= 15 is 0 Å². The topological polar surface area (TPSA) is 37.8 Å². The van der Waals surface area contributed by atoms with Gasteiger partial charge in [0.1, 0.15) is 0 Å². The van der Waals surface area contributed by atoms with E-state index in [-0.39, 0.29) is 0 Å². The van der Waals surface area contributed by atoms with E-state index in [1.54, 1.807) is 0 Å². The number of nitrogens with zero attached hydrogens (tertiary/aromatic N) is 2. The zero-order chi connectivity index (χ0) is 8.81. The molecule has 0 aliphatic heterocycles. The van der Waals surface area contributed by atoms with Gasteiger partial charge in [-0.25, -0.2) is 0 Å². The van der Waals surface area contributed by atoms with E-state index in [0.717, 1.165) is 13.0 Å². The molecule has 1 aromatic heterocycles. The van der Waals surface area contributed by atoms with Crippen LogP contribution in [-0.2, 0) is 0 Å². The Balaban J connectivity index is 2.45. The summed E-state index contributed by atoms with van der Waals surface area (Å²) < 4.78 is 3.85. The van der Waals surface area contributed by atoms with Crippen molar-refractivity contribution in [2.45, 2.75) is 32.7 Å². The molecule has 0 fully saturated rings. The molecular weight excluding hydrogens is 170 g/mol. The summed E-state index contributed by atoms with van der Waals surface area (Å²) in [6.45, 7) is 5.41. The van der Waals surface area contributed by atoms with Crippen LogP contribution in [0.2, 0.25) is 0 Å². The molecule has 1 N–H and O–H groups in total. The number of hydrogen-bond donors (Lipinski definition) is 1. The maximum Gasteiger partial charge on any atom is 0.0669 e. The highest BCUT2D eigenvalue weighted by Crippen LogP contribution is 2.17. The van der Waals surface area contributed by atoms with Crippen molar-refractivity contribution < 1.29 is 0 Å². The van der Waals surface area contributed by atoms with Gasteiger partial charge >= 0.3 is 0 Å². The van der Waals surface area contributed by atoms with Crippen LogP contribution in [0.5, 0.6) is 0 Å². The van der Waals surface area contributed by atoms with E-state index in [9.17, 15) is 0 Å². The molecule has 68 valence electrons. The number of hydrogen-bond acceptors (Lipinski definition) is 4. The van der Waals surface area contributed by atoms with Crippen molar-refractivity contribution in [2.24, 2.45) is 0 Å². The second kappa shape index (κ2) is 5.22. The van der Waals surface area contributed by atoms with E-state index in [4.69, 9.17) is 0 Å². The van der Waals surface area contributed by atoms with Gasteiger partial charge in [0.15, 0.2) is 0 Å². The van der Waals surface area contributed by atoms with E-state index in [1.165, 1.54) is 22.8 Å². The summed E-state index contributed by atoms with van der Waals surface area (Å²) in [6, 6.07) is 0.449. The van der Waals surface area contributed by atoms with Crippen molar-refractivity contribution in [1.29, 1.82) is 0 Å². The molecule has 0 saturated carbocycles. The van der Waals surface area contributed by atoms with Gasteiger partial charge in [0.2, 0.25) is 0 Å². The Morgan fingerprint density at radius 3 is 2.92 bits per heavy atom. The SMILES string of the molecule is CCCNC(CC)c1cnns1. The Morgan fingerprint density at radius 1 is 1.58 bits per heavy atom. The fourth-order valence-corrected chi connectivity index (χ4v) is 1.75. The van der Waals surface area contributed by atoms with Crippen molar-refractivity contribution in [3.8, 4) is 0 Å². The first-order valence-corrected chi connectivity index (χ1v) is 5.16. The van der Waals surface area contributed by atoms with E-state index in [0.29, 0.717) is 6.04 Å². The highest BCUT2D eigenvalue weighted by atomic mass is 32.1. The smallest absolute Gasteiger partial charge is 0.0669 e. The Kier molecular flexibility index (Phi) is 4.18. The average molecular weight is 185 g/mol. The van der Waals surface area contributed by atoms with Crippen LogP contribution in [0, 0.1) is 0 Å². The standard InChI is InChI=1S/C8H15N3S/c1-3-5-9-7(4-2)8-6-10-11-12-8/h6-7,9H,3-5H2,1-2H3. The van der Waals surface area contributed by atoms with Crippen molar-refractivity contribution >= 4 is 11.5 Å². The summed E-state index contributed by atoms with van der Waals surface area (Å²) >= 11 is 1.48. The van der Waals surface area contributed by atoms with Crippen LogP contribution in [0.15, 0.2) is 6.20 Å². The van der Waals surface area contributed by atoms with Crippen molar-refractivity contribution in [2.75, 3.05) is 6.54 Å². The molecule has 0 aromatic carbocycles. The van der Waals surface area contributed by atoms with Crippen molar-refractivity contribution in [1.82, 2.24) is 14.9 Å². The van der Waals surface area contributed by atoms with Gasteiger partial charge in [-0.15, -0.1) is 5.10 Å². The minimum atomic E-state index is 0.449. The summed E-state index contributed by atoms with van der Waals surface area (Å²) in [5, 5.41) is 7.28. The lowest BCUT2D eigenvalue weighted by Crippen LogP contribution is -2.20. The fourth-order valence-electron chi connectivity index (χ4n) is 1.09. The minimum Gasteiger partial charge on any atom is -0.309 e. The molecule has 4 heteroatoms. The molecule has 3 nitrogen and oxygen atoms in total.